The van der Waals surface area contributed by atoms with E-state index in [9.17, 15) is 8.42 Å². The molecule has 3 nitrogen and oxygen atoms in total. The Hall–Kier alpha value is -2.21. The summed E-state index contributed by atoms with van der Waals surface area (Å²) < 4.78 is 29.1. The Bertz CT molecular complexity index is 1000. The van der Waals surface area contributed by atoms with Crippen LogP contribution in [-0.2, 0) is 10.0 Å². The zero-order valence-electron chi connectivity index (χ0n) is 16.6. The van der Waals surface area contributed by atoms with Gasteiger partial charge in [-0.05, 0) is 30.7 Å². The quantitative estimate of drug-likeness (QED) is 0.578. The Balaban J connectivity index is 1.93. The first kappa shape index (κ1) is 20.5. The van der Waals surface area contributed by atoms with Crippen molar-refractivity contribution in [2.24, 2.45) is 0 Å². The summed E-state index contributed by atoms with van der Waals surface area (Å²) in [4.78, 5) is 0.304. The van der Waals surface area contributed by atoms with Gasteiger partial charge in [-0.2, -0.15) is 0 Å². The van der Waals surface area contributed by atoms with Crippen LogP contribution in [-0.4, -0.2) is 16.5 Å². The molecule has 28 heavy (non-hydrogen) atoms. The average Bonchev–Trinajstić information content (AvgIpc) is 2.69. The summed E-state index contributed by atoms with van der Waals surface area (Å²) in [6.45, 7) is 6.53. The number of hydrogen-bond donors (Lipinski definition) is 1. The molecule has 1 atom stereocenters. The summed E-state index contributed by atoms with van der Waals surface area (Å²) in [7, 11) is -5.47. The van der Waals surface area contributed by atoms with Gasteiger partial charge >= 0.3 is 0 Å². The van der Waals surface area contributed by atoms with E-state index in [1.807, 2.05) is 55.5 Å². The molecule has 0 heterocycles. The van der Waals surface area contributed by atoms with Crippen LogP contribution in [0.1, 0.15) is 17.2 Å². The van der Waals surface area contributed by atoms with E-state index in [1.165, 1.54) is 5.19 Å². The summed E-state index contributed by atoms with van der Waals surface area (Å²) in [5, 5.41) is 1.32. The lowest BCUT2D eigenvalue weighted by atomic mass is 10.1. The molecule has 0 fully saturated rings. The van der Waals surface area contributed by atoms with Crippen LogP contribution in [0.5, 0.6) is 0 Å². The summed E-state index contributed by atoms with van der Waals surface area (Å²) in [6, 6.07) is 27.8. The zero-order chi connectivity index (χ0) is 20.2. The molecule has 0 amide bonds. The third-order valence-corrected chi connectivity index (χ3v) is 9.91. The van der Waals surface area contributed by atoms with Crippen LogP contribution >= 0.6 is 0 Å². The predicted molar refractivity (Wildman–Crippen MR) is 119 cm³/mol. The van der Waals surface area contributed by atoms with E-state index in [-0.39, 0.29) is 6.04 Å². The molecule has 0 saturated carbocycles. The van der Waals surface area contributed by atoms with E-state index in [4.69, 9.17) is 0 Å². The molecule has 146 valence electrons. The highest BCUT2D eigenvalue weighted by Crippen LogP contribution is 2.27. The molecule has 5 heteroatoms. The van der Waals surface area contributed by atoms with Gasteiger partial charge < -0.3 is 0 Å². The van der Waals surface area contributed by atoms with Gasteiger partial charge in [0.1, 0.15) is 0 Å². The van der Waals surface area contributed by atoms with Crippen molar-refractivity contribution in [3.05, 3.63) is 96.1 Å². The number of nitrogens with one attached hydrogen (secondary N) is 1. The molecule has 3 rings (SSSR count). The highest BCUT2D eigenvalue weighted by Gasteiger charge is 2.31. The Morgan fingerprint density at radius 3 is 1.93 bits per heavy atom. The molecular formula is C23H27NO2SSi. The van der Waals surface area contributed by atoms with Gasteiger partial charge in [-0.25, -0.2) is 13.1 Å². The van der Waals surface area contributed by atoms with Gasteiger partial charge in [0.15, 0.2) is 0 Å². The molecule has 0 aliphatic heterocycles. The molecule has 0 aliphatic rings. The maximum atomic E-state index is 13.1. The zero-order valence-corrected chi connectivity index (χ0v) is 18.4. The molecule has 0 bridgehead atoms. The van der Waals surface area contributed by atoms with Crippen molar-refractivity contribution >= 4 is 23.3 Å². The molecule has 1 N–H and O–H groups in total. The maximum Gasteiger partial charge on any atom is 0.241 e. The molecule has 0 spiro atoms. The number of hydrogen-bond acceptors (Lipinski definition) is 2. The monoisotopic (exact) mass is 409 g/mol. The number of benzene rings is 3. The smallest absolute Gasteiger partial charge is 0.207 e. The first-order valence-electron chi connectivity index (χ1n) is 9.47. The van der Waals surface area contributed by atoms with Crippen LogP contribution in [0.3, 0.4) is 0 Å². The van der Waals surface area contributed by atoms with Crippen LogP contribution < -0.4 is 9.91 Å². The Labute approximate surface area is 169 Å². The lowest BCUT2D eigenvalue weighted by molar-refractivity contribution is 0.566. The normalized spacial score (nSPS) is 13.2. The highest BCUT2D eigenvalue weighted by molar-refractivity contribution is 7.89. The van der Waals surface area contributed by atoms with Crippen molar-refractivity contribution in [1.29, 1.82) is 0 Å². The fourth-order valence-electron chi connectivity index (χ4n) is 3.40. The highest BCUT2D eigenvalue weighted by atomic mass is 32.2. The summed E-state index contributed by atoms with van der Waals surface area (Å²) in [6.07, 6.45) is 0. The van der Waals surface area contributed by atoms with Crippen LogP contribution in [0, 0.1) is 6.92 Å². The predicted octanol–water partition coefficient (Wildman–Crippen LogP) is 4.63. The van der Waals surface area contributed by atoms with Crippen molar-refractivity contribution in [2.45, 2.75) is 37.0 Å². The molecular weight excluding hydrogens is 382 g/mol. The van der Waals surface area contributed by atoms with E-state index in [2.05, 4.69) is 42.1 Å². The second-order valence-corrected chi connectivity index (χ2v) is 14.3. The van der Waals surface area contributed by atoms with Gasteiger partial charge in [0, 0.05) is 6.04 Å². The minimum Gasteiger partial charge on any atom is -0.207 e. The van der Waals surface area contributed by atoms with Crippen molar-refractivity contribution < 1.29 is 8.42 Å². The molecule has 1 unspecified atom stereocenters. The molecule has 3 aromatic rings. The van der Waals surface area contributed by atoms with Crippen LogP contribution in [0.2, 0.25) is 19.1 Å². The number of aryl methyl sites for hydroxylation is 1. The van der Waals surface area contributed by atoms with E-state index in [1.54, 1.807) is 12.1 Å². The minimum atomic E-state index is -3.61. The first-order chi connectivity index (χ1) is 13.3. The van der Waals surface area contributed by atoms with Crippen LogP contribution in [0.15, 0.2) is 89.8 Å². The summed E-state index contributed by atoms with van der Waals surface area (Å²) in [5.74, 6) is 0. The Kier molecular flexibility index (Phi) is 6.18. The van der Waals surface area contributed by atoms with Gasteiger partial charge in [0.25, 0.3) is 0 Å². The number of rotatable bonds is 7. The standard InChI is InChI=1S/C23H27NO2SSi/c1-19-14-16-21(17-15-19)27(25,26)24-23(20-10-6-4-7-11-20)18-28(2,3)22-12-8-5-9-13-22/h4-17,23-24H,18H2,1-3H3. The molecule has 0 saturated heterocycles. The van der Waals surface area contributed by atoms with Gasteiger partial charge in [-0.3, -0.25) is 0 Å². The summed E-state index contributed by atoms with van der Waals surface area (Å²) >= 11 is 0. The van der Waals surface area contributed by atoms with Gasteiger partial charge in [0.05, 0.1) is 13.0 Å². The third kappa shape index (κ3) is 4.98. The van der Waals surface area contributed by atoms with Crippen molar-refractivity contribution in [3.63, 3.8) is 0 Å². The van der Waals surface area contributed by atoms with E-state index in [0.717, 1.165) is 17.2 Å². The molecule has 0 aromatic heterocycles. The topological polar surface area (TPSA) is 46.2 Å². The largest absolute Gasteiger partial charge is 0.241 e. The lowest BCUT2D eigenvalue weighted by Crippen LogP contribution is -2.45. The third-order valence-electron chi connectivity index (χ3n) is 5.10. The summed E-state index contributed by atoms with van der Waals surface area (Å²) in [5.41, 5.74) is 2.03. The molecule has 3 aromatic carbocycles. The second kappa shape index (κ2) is 8.43. The van der Waals surface area contributed by atoms with Gasteiger partial charge in [-0.15, -0.1) is 0 Å². The Morgan fingerprint density at radius 1 is 0.821 bits per heavy atom. The van der Waals surface area contributed by atoms with E-state index < -0.39 is 18.1 Å². The van der Waals surface area contributed by atoms with Crippen LogP contribution in [0.25, 0.3) is 0 Å². The fourth-order valence-corrected chi connectivity index (χ4v) is 7.46. The second-order valence-electron chi connectivity index (χ2n) is 7.85. The molecule has 0 aliphatic carbocycles. The average molecular weight is 410 g/mol. The maximum absolute atomic E-state index is 13.1. The SMILES string of the molecule is Cc1ccc(S(=O)(=O)NC(C[Si](C)(C)c2ccccc2)c2ccccc2)cc1. The number of sulfonamides is 1. The fraction of sp³-hybridized carbons (Fsp3) is 0.217. The first-order valence-corrected chi connectivity index (χ1v) is 14.2. The van der Waals surface area contributed by atoms with Crippen molar-refractivity contribution in [1.82, 2.24) is 4.72 Å². The molecule has 0 radical (unpaired) electrons. The van der Waals surface area contributed by atoms with Gasteiger partial charge in [-0.1, -0.05) is 96.6 Å². The van der Waals surface area contributed by atoms with Gasteiger partial charge in [0.2, 0.25) is 10.0 Å². The van der Waals surface area contributed by atoms with E-state index >= 15 is 0 Å². The van der Waals surface area contributed by atoms with E-state index in [0.29, 0.717) is 4.90 Å². The van der Waals surface area contributed by atoms with Crippen LogP contribution in [0.4, 0.5) is 0 Å². The minimum absolute atomic E-state index is 0.269. The van der Waals surface area contributed by atoms with Crippen molar-refractivity contribution in [3.8, 4) is 0 Å². The van der Waals surface area contributed by atoms with Crippen molar-refractivity contribution in [2.75, 3.05) is 0 Å². The lowest BCUT2D eigenvalue weighted by Gasteiger charge is -2.29. The Morgan fingerprint density at radius 2 is 1.36 bits per heavy atom.